The van der Waals surface area contributed by atoms with Gasteiger partial charge in [0, 0.05) is 11.7 Å². The lowest BCUT2D eigenvalue weighted by atomic mass is 9.92. The van der Waals surface area contributed by atoms with Crippen LogP contribution in [0.3, 0.4) is 0 Å². The molecule has 5 heteroatoms. The maximum atomic E-state index is 5.80. The molecule has 2 heterocycles. The zero-order valence-corrected chi connectivity index (χ0v) is 12.5. The number of nitrogens with two attached hydrogens (primary N) is 1. The molecule has 0 spiro atoms. The fraction of sp³-hybridized carbons (Fsp3) is 0.533. The summed E-state index contributed by atoms with van der Waals surface area (Å²) in [4.78, 5) is 12.9. The zero-order chi connectivity index (χ0) is 14.6. The molecule has 0 aliphatic carbocycles. The number of nitrogen functional groups attached to an aromatic ring is 1. The van der Waals surface area contributed by atoms with Crippen LogP contribution in [0.15, 0.2) is 18.3 Å². The summed E-state index contributed by atoms with van der Waals surface area (Å²) in [7, 11) is 0. The third-order valence-electron chi connectivity index (χ3n) is 3.75. The summed E-state index contributed by atoms with van der Waals surface area (Å²) in [5, 5.41) is 3.53. The predicted octanol–water partition coefficient (Wildman–Crippen LogP) is 3.38. The lowest BCUT2D eigenvalue weighted by Gasteiger charge is -2.30. The molecule has 0 radical (unpaired) electrons. The van der Waals surface area contributed by atoms with Gasteiger partial charge in [0.25, 0.3) is 0 Å². The van der Waals surface area contributed by atoms with Crippen LogP contribution in [0.4, 0.5) is 11.8 Å². The molecular weight excluding hydrogens is 250 g/mol. The smallest absolute Gasteiger partial charge is 0.222 e. The molecule has 0 aromatic carbocycles. The lowest BCUT2D eigenvalue weighted by molar-refractivity contribution is 0.438. The van der Waals surface area contributed by atoms with E-state index < -0.39 is 0 Å². The second-order valence-electron chi connectivity index (χ2n) is 5.44. The number of fused-ring (bicyclic) bond motifs is 1. The molecule has 1 atom stereocenters. The van der Waals surface area contributed by atoms with E-state index in [2.05, 4.69) is 41.0 Å². The van der Waals surface area contributed by atoms with Crippen molar-refractivity contribution in [1.29, 1.82) is 0 Å². The number of pyridine rings is 1. The number of hydrogen-bond donors (Lipinski definition) is 2. The van der Waals surface area contributed by atoms with Crippen molar-refractivity contribution in [3.63, 3.8) is 0 Å². The van der Waals surface area contributed by atoms with Crippen LogP contribution in [-0.2, 0) is 0 Å². The summed E-state index contributed by atoms with van der Waals surface area (Å²) in [6.45, 7) is 6.61. The zero-order valence-electron chi connectivity index (χ0n) is 12.5. The molecule has 0 saturated carbocycles. The fourth-order valence-electron chi connectivity index (χ4n) is 2.25. The molecule has 2 rings (SSSR count). The Hall–Kier alpha value is -1.91. The van der Waals surface area contributed by atoms with Crippen molar-refractivity contribution in [2.45, 2.75) is 52.0 Å². The number of unbranched alkanes of at least 4 members (excludes halogenated alkanes) is 1. The number of rotatable bonds is 6. The predicted molar refractivity (Wildman–Crippen MR) is 83.6 cm³/mol. The molecule has 0 bridgehead atoms. The highest BCUT2D eigenvalue weighted by Gasteiger charge is 2.23. The van der Waals surface area contributed by atoms with Crippen LogP contribution in [0.2, 0.25) is 0 Å². The van der Waals surface area contributed by atoms with E-state index in [9.17, 15) is 0 Å². The van der Waals surface area contributed by atoms with Gasteiger partial charge in [-0.3, -0.25) is 4.98 Å². The van der Waals surface area contributed by atoms with Crippen LogP contribution in [0.25, 0.3) is 11.0 Å². The van der Waals surface area contributed by atoms with E-state index in [1.165, 1.54) is 12.8 Å². The third-order valence-corrected chi connectivity index (χ3v) is 3.75. The summed E-state index contributed by atoms with van der Waals surface area (Å²) in [5.41, 5.74) is 7.35. The second kappa shape index (κ2) is 6.03. The van der Waals surface area contributed by atoms with Gasteiger partial charge in [-0.05, 0) is 31.9 Å². The maximum Gasteiger partial charge on any atom is 0.222 e. The Labute approximate surface area is 120 Å². The van der Waals surface area contributed by atoms with Crippen molar-refractivity contribution >= 4 is 22.8 Å². The van der Waals surface area contributed by atoms with E-state index in [1.807, 2.05) is 12.1 Å². The van der Waals surface area contributed by atoms with Crippen molar-refractivity contribution in [1.82, 2.24) is 15.0 Å². The monoisotopic (exact) mass is 273 g/mol. The van der Waals surface area contributed by atoms with Gasteiger partial charge in [0.15, 0.2) is 5.82 Å². The largest absolute Gasteiger partial charge is 0.368 e. The van der Waals surface area contributed by atoms with Crippen LogP contribution in [0.1, 0.15) is 46.5 Å². The summed E-state index contributed by atoms with van der Waals surface area (Å²) >= 11 is 0. The number of nitrogens with one attached hydrogen (secondary N) is 1. The minimum Gasteiger partial charge on any atom is -0.368 e. The first-order chi connectivity index (χ1) is 9.58. The molecule has 2 aromatic rings. The van der Waals surface area contributed by atoms with E-state index in [0.717, 1.165) is 29.7 Å². The van der Waals surface area contributed by atoms with Crippen molar-refractivity contribution in [2.24, 2.45) is 0 Å². The number of anilines is 2. The highest BCUT2D eigenvalue weighted by Crippen LogP contribution is 2.27. The Morgan fingerprint density at radius 1 is 1.30 bits per heavy atom. The van der Waals surface area contributed by atoms with Crippen molar-refractivity contribution in [3.8, 4) is 0 Å². The minimum absolute atomic E-state index is 0.00124. The SMILES string of the molecule is CCCC[C@](C)(CC)Nc1nc(N)nc2cccnc12. The maximum absolute atomic E-state index is 5.80. The molecule has 2 aromatic heterocycles. The van der Waals surface area contributed by atoms with Crippen LogP contribution in [0.5, 0.6) is 0 Å². The summed E-state index contributed by atoms with van der Waals surface area (Å²) in [6, 6.07) is 3.76. The van der Waals surface area contributed by atoms with Crippen molar-refractivity contribution in [3.05, 3.63) is 18.3 Å². The first-order valence-electron chi connectivity index (χ1n) is 7.24. The molecule has 108 valence electrons. The quantitative estimate of drug-likeness (QED) is 0.843. The summed E-state index contributed by atoms with van der Waals surface area (Å²) < 4.78 is 0. The lowest BCUT2D eigenvalue weighted by Crippen LogP contribution is -2.34. The van der Waals surface area contributed by atoms with Crippen molar-refractivity contribution in [2.75, 3.05) is 11.1 Å². The minimum atomic E-state index is 0.00124. The van der Waals surface area contributed by atoms with E-state index in [1.54, 1.807) is 6.20 Å². The molecule has 20 heavy (non-hydrogen) atoms. The van der Waals surface area contributed by atoms with Crippen LogP contribution in [-0.4, -0.2) is 20.5 Å². The van der Waals surface area contributed by atoms with Gasteiger partial charge in [0.05, 0.1) is 5.52 Å². The van der Waals surface area contributed by atoms with Gasteiger partial charge in [-0.25, -0.2) is 4.98 Å². The number of aromatic nitrogens is 3. The molecule has 0 amide bonds. The topological polar surface area (TPSA) is 76.7 Å². The van der Waals surface area contributed by atoms with Crippen LogP contribution >= 0.6 is 0 Å². The summed E-state index contributed by atoms with van der Waals surface area (Å²) in [6.07, 6.45) is 6.23. The fourth-order valence-corrected chi connectivity index (χ4v) is 2.25. The van der Waals surface area contributed by atoms with Gasteiger partial charge >= 0.3 is 0 Å². The Balaban J connectivity index is 2.36. The Bertz CT molecular complexity index is 583. The Morgan fingerprint density at radius 3 is 2.80 bits per heavy atom. The van der Waals surface area contributed by atoms with Gasteiger partial charge < -0.3 is 11.1 Å². The van der Waals surface area contributed by atoms with E-state index >= 15 is 0 Å². The number of nitrogens with zero attached hydrogens (tertiary/aromatic N) is 3. The normalized spacial score (nSPS) is 14.2. The summed E-state index contributed by atoms with van der Waals surface area (Å²) in [5.74, 6) is 1.01. The van der Waals surface area contributed by atoms with Crippen LogP contribution < -0.4 is 11.1 Å². The average molecular weight is 273 g/mol. The number of hydrogen-bond acceptors (Lipinski definition) is 5. The third kappa shape index (κ3) is 3.15. The highest BCUT2D eigenvalue weighted by atomic mass is 15.1. The molecular formula is C15H23N5. The molecule has 0 aliphatic heterocycles. The second-order valence-corrected chi connectivity index (χ2v) is 5.44. The standard InChI is InChI=1S/C15H23N5/c1-4-6-9-15(3,5-2)20-13-12-11(8-7-10-17-12)18-14(16)19-13/h7-8,10H,4-6,9H2,1-3H3,(H3,16,18,19,20)/t15-/m0/s1. The van der Waals surface area contributed by atoms with E-state index in [0.29, 0.717) is 0 Å². The van der Waals surface area contributed by atoms with Crippen molar-refractivity contribution < 1.29 is 0 Å². The van der Waals surface area contributed by atoms with Gasteiger partial charge in [-0.15, -0.1) is 0 Å². The first kappa shape index (κ1) is 14.5. The molecule has 0 aliphatic rings. The molecule has 3 N–H and O–H groups in total. The molecule has 5 nitrogen and oxygen atoms in total. The van der Waals surface area contributed by atoms with E-state index in [-0.39, 0.29) is 11.5 Å². The van der Waals surface area contributed by atoms with Gasteiger partial charge in [0.2, 0.25) is 5.95 Å². The van der Waals surface area contributed by atoms with Gasteiger partial charge in [-0.1, -0.05) is 26.7 Å². The van der Waals surface area contributed by atoms with Gasteiger partial charge in [0.1, 0.15) is 5.52 Å². The Morgan fingerprint density at radius 2 is 2.10 bits per heavy atom. The highest BCUT2D eigenvalue weighted by molar-refractivity contribution is 5.86. The Kier molecular flexibility index (Phi) is 4.37. The average Bonchev–Trinajstić information content (AvgIpc) is 2.45. The molecule has 0 saturated heterocycles. The van der Waals surface area contributed by atoms with Gasteiger partial charge in [-0.2, -0.15) is 4.98 Å². The first-order valence-corrected chi connectivity index (χ1v) is 7.24. The van der Waals surface area contributed by atoms with Crippen LogP contribution in [0, 0.1) is 0 Å². The molecule has 0 fully saturated rings. The van der Waals surface area contributed by atoms with E-state index in [4.69, 9.17) is 5.73 Å². The molecule has 0 unspecified atom stereocenters.